The van der Waals surface area contributed by atoms with Gasteiger partial charge in [-0.25, -0.2) is 0 Å². The molecular formula is C20H21ClN2O5. The number of ether oxygens (including phenoxy) is 3. The Morgan fingerprint density at radius 1 is 1.18 bits per heavy atom. The van der Waals surface area contributed by atoms with Crippen molar-refractivity contribution in [2.24, 2.45) is 5.92 Å². The molecule has 0 spiro atoms. The number of carbonyl (C=O) groups excluding carboxylic acids is 2. The molecule has 28 heavy (non-hydrogen) atoms. The number of hydrogen-bond donors (Lipinski definition) is 2. The number of benzene rings is 2. The fraction of sp³-hybridized carbons (Fsp3) is 0.300. The largest absolute Gasteiger partial charge is 0.493 e. The fourth-order valence-electron chi connectivity index (χ4n) is 2.91. The van der Waals surface area contributed by atoms with Crippen molar-refractivity contribution in [3.63, 3.8) is 0 Å². The molecular weight excluding hydrogens is 384 g/mol. The summed E-state index contributed by atoms with van der Waals surface area (Å²) in [6.45, 7) is 2.57. The van der Waals surface area contributed by atoms with Crippen LogP contribution in [0.4, 0.5) is 0 Å². The molecule has 2 amide bonds. The second kappa shape index (κ2) is 8.84. The van der Waals surface area contributed by atoms with E-state index in [1.807, 2.05) is 6.92 Å². The number of rotatable bonds is 5. The first-order valence-electron chi connectivity index (χ1n) is 8.84. The van der Waals surface area contributed by atoms with E-state index in [0.29, 0.717) is 35.1 Å². The van der Waals surface area contributed by atoms with Crippen molar-refractivity contribution in [1.29, 1.82) is 0 Å². The predicted molar refractivity (Wildman–Crippen MR) is 104 cm³/mol. The molecule has 0 radical (unpaired) electrons. The SMILES string of the molecule is CCOc1ccc(C(=O)NNC(=O)[C@@H]2COc3ccc(Cl)cc3C2)cc1OC. The van der Waals surface area contributed by atoms with Crippen molar-refractivity contribution in [3.8, 4) is 17.2 Å². The summed E-state index contributed by atoms with van der Waals surface area (Å²) in [6.07, 6.45) is 0.481. The minimum atomic E-state index is -0.463. The van der Waals surface area contributed by atoms with E-state index in [-0.39, 0.29) is 12.5 Å². The van der Waals surface area contributed by atoms with Gasteiger partial charge in [0.2, 0.25) is 5.91 Å². The summed E-state index contributed by atoms with van der Waals surface area (Å²) in [6, 6.07) is 10.1. The van der Waals surface area contributed by atoms with E-state index in [1.54, 1.807) is 36.4 Å². The van der Waals surface area contributed by atoms with Crippen LogP contribution in [-0.4, -0.2) is 32.1 Å². The maximum absolute atomic E-state index is 12.4. The lowest BCUT2D eigenvalue weighted by molar-refractivity contribution is -0.127. The van der Waals surface area contributed by atoms with Gasteiger partial charge in [-0.15, -0.1) is 0 Å². The number of hydrogen-bond acceptors (Lipinski definition) is 5. The third-order valence-electron chi connectivity index (χ3n) is 4.32. The average molecular weight is 405 g/mol. The van der Waals surface area contributed by atoms with Gasteiger partial charge in [0.15, 0.2) is 11.5 Å². The first-order valence-corrected chi connectivity index (χ1v) is 9.22. The van der Waals surface area contributed by atoms with Crippen LogP contribution in [0.5, 0.6) is 17.2 Å². The van der Waals surface area contributed by atoms with Crippen LogP contribution in [0.2, 0.25) is 5.02 Å². The van der Waals surface area contributed by atoms with Crippen LogP contribution in [-0.2, 0) is 11.2 Å². The Labute approximate surface area is 167 Å². The molecule has 2 aromatic carbocycles. The molecule has 7 nitrogen and oxygen atoms in total. The highest BCUT2D eigenvalue weighted by Crippen LogP contribution is 2.30. The van der Waals surface area contributed by atoms with Crippen molar-refractivity contribution < 1.29 is 23.8 Å². The molecule has 0 bridgehead atoms. The Hall–Kier alpha value is -2.93. The van der Waals surface area contributed by atoms with Gasteiger partial charge in [-0.3, -0.25) is 20.4 Å². The Balaban J connectivity index is 1.59. The molecule has 2 N–H and O–H groups in total. The van der Waals surface area contributed by atoms with Crippen LogP contribution in [0.1, 0.15) is 22.8 Å². The molecule has 0 saturated carbocycles. The summed E-state index contributed by atoms with van der Waals surface area (Å²) in [5.74, 6) is 0.476. The zero-order chi connectivity index (χ0) is 20.1. The lowest BCUT2D eigenvalue weighted by Gasteiger charge is -2.24. The molecule has 0 aliphatic carbocycles. The van der Waals surface area contributed by atoms with E-state index in [4.69, 9.17) is 25.8 Å². The van der Waals surface area contributed by atoms with Gasteiger partial charge in [-0.05, 0) is 55.3 Å². The second-order valence-electron chi connectivity index (χ2n) is 6.21. The predicted octanol–water partition coefficient (Wildman–Crippen LogP) is 2.76. The zero-order valence-electron chi connectivity index (χ0n) is 15.6. The average Bonchev–Trinajstić information content (AvgIpc) is 2.71. The summed E-state index contributed by atoms with van der Waals surface area (Å²) >= 11 is 6.00. The molecule has 0 fully saturated rings. The van der Waals surface area contributed by atoms with E-state index < -0.39 is 11.8 Å². The van der Waals surface area contributed by atoms with Gasteiger partial charge in [0.05, 0.1) is 19.6 Å². The topological polar surface area (TPSA) is 85.9 Å². The molecule has 0 saturated heterocycles. The summed E-state index contributed by atoms with van der Waals surface area (Å²) < 4.78 is 16.3. The van der Waals surface area contributed by atoms with Gasteiger partial charge in [0, 0.05) is 10.6 Å². The summed E-state index contributed by atoms with van der Waals surface area (Å²) in [7, 11) is 1.49. The van der Waals surface area contributed by atoms with Crippen LogP contribution in [0.25, 0.3) is 0 Å². The number of amides is 2. The van der Waals surface area contributed by atoms with E-state index in [2.05, 4.69) is 10.9 Å². The van der Waals surface area contributed by atoms with Crippen LogP contribution >= 0.6 is 11.6 Å². The molecule has 1 heterocycles. The minimum absolute atomic E-state index is 0.229. The van der Waals surface area contributed by atoms with Crippen LogP contribution < -0.4 is 25.1 Å². The van der Waals surface area contributed by atoms with Gasteiger partial charge in [-0.2, -0.15) is 0 Å². The fourth-order valence-corrected chi connectivity index (χ4v) is 3.10. The van der Waals surface area contributed by atoms with Crippen molar-refractivity contribution >= 4 is 23.4 Å². The number of nitrogens with one attached hydrogen (secondary N) is 2. The normalized spacial score (nSPS) is 15.0. The maximum atomic E-state index is 12.4. The Kier molecular flexibility index (Phi) is 6.26. The van der Waals surface area contributed by atoms with Crippen LogP contribution in [0, 0.1) is 5.92 Å². The highest BCUT2D eigenvalue weighted by molar-refractivity contribution is 6.30. The Morgan fingerprint density at radius 2 is 2.00 bits per heavy atom. The quantitative estimate of drug-likeness (QED) is 0.748. The molecule has 3 rings (SSSR count). The van der Waals surface area contributed by atoms with E-state index >= 15 is 0 Å². The van der Waals surface area contributed by atoms with Crippen LogP contribution in [0.15, 0.2) is 36.4 Å². The minimum Gasteiger partial charge on any atom is -0.493 e. The third kappa shape index (κ3) is 4.48. The molecule has 8 heteroatoms. The van der Waals surface area contributed by atoms with Crippen LogP contribution in [0.3, 0.4) is 0 Å². The smallest absolute Gasteiger partial charge is 0.269 e. The molecule has 148 valence electrons. The maximum Gasteiger partial charge on any atom is 0.269 e. The summed E-state index contributed by atoms with van der Waals surface area (Å²) in [5, 5.41) is 0.584. The van der Waals surface area contributed by atoms with E-state index in [9.17, 15) is 9.59 Å². The molecule has 2 aromatic rings. The highest BCUT2D eigenvalue weighted by atomic mass is 35.5. The molecule has 0 unspecified atom stereocenters. The third-order valence-corrected chi connectivity index (χ3v) is 4.56. The monoisotopic (exact) mass is 404 g/mol. The Bertz CT molecular complexity index is 887. The number of methoxy groups -OCH3 is 1. The van der Waals surface area contributed by atoms with Gasteiger partial charge in [0.1, 0.15) is 12.4 Å². The van der Waals surface area contributed by atoms with Crippen molar-refractivity contribution in [2.75, 3.05) is 20.3 Å². The molecule has 1 aliphatic rings. The van der Waals surface area contributed by atoms with Crippen molar-refractivity contribution in [3.05, 3.63) is 52.5 Å². The van der Waals surface area contributed by atoms with Gasteiger partial charge >= 0.3 is 0 Å². The van der Waals surface area contributed by atoms with Gasteiger partial charge in [0.25, 0.3) is 5.91 Å². The second-order valence-corrected chi connectivity index (χ2v) is 6.64. The molecule has 1 aliphatic heterocycles. The zero-order valence-corrected chi connectivity index (χ0v) is 16.3. The van der Waals surface area contributed by atoms with Gasteiger partial charge in [-0.1, -0.05) is 11.6 Å². The summed E-state index contributed by atoms with van der Waals surface area (Å²) in [5.41, 5.74) is 6.06. The number of halogens is 1. The van der Waals surface area contributed by atoms with Crippen molar-refractivity contribution in [2.45, 2.75) is 13.3 Å². The van der Waals surface area contributed by atoms with E-state index in [1.165, 1.54) is 7.11 Å². The number of fused-ring (bicyclic) bond motifs is 1. The highest BCUT2D eigenvalue weighted by Gasteiger charge is 2.26. The lowest BCUT2D eigenvalue weighted by Crippen LogP contribution is -2.47. The standard InChI is InChI=1S/C20H21ClN2O5/c1-3-27-17-6-4-12(10-18(17)26-2)19(24)22-23-20(25)14-8-13-9-15(21)5-7-16(13)28-11-14/h4-7,9-10,14H,3,8,11H2,1-2H3,(H,22,24)(H,23,25)/t14-/m0/s1. The molecule has 1 atom stereocenters. The first-order chi connectivity index (χ1) is 13.5. The summed E-state index contributed by atoms with van der Waals surface area (Å²) in [4.78, 5) is 24.7. The van der Waals surface area contributed by atoms with E-state index in [0.717, 1.165) is 11.3 Å². The van der Waals surface area contributed by atoms with Crippen molar-refractivity contribution in [1.82, 2.24) is 10.9 Å². The van der Waals surface area contributed by atoms with Gasteiger partial charge < -0.3 is 14.2 Å². The lowest BCUT2D eigenvalue weighted by atomic mass is 9.96. The molecule has 0 aromatic heterocycles. The number of carbonyl (C=O) groups is 2. The Morgan fingerprint density at radius 3 is 2.75 bits per heavy atom. The number of hydrazine groups is 1. The first kappa shape index (κ1) is 19.8.